The second kappa shape index (κ2) is 15.5. The van der Waals surface area contributed by atoms with Crippen LogP contribution >= 0.6 is 0 Å². The highest BCUT2D eigenvalue weighted by Crippen LogP contribution is 2.66. The molecule has 2 heteroatoms. The highest BCUT2D eigenvalue weighted by Gasteiger charge is 2.58. The minimum absolute atomic E-state index is 0.0151. The zero-order valence-electron chi connectivity index (χ0n) is 67.4. The monoisotopic (exact) mass is 899 g/mol. The second-order valence-electron chi connectivity index (χ2n) is 18.8. The van der Waals surface area contributed by atoms with Crippen molar-refractivity contribution in [1.29, 1.82) is 0 Å². The molecule has 0 saturated carbocycles. The fraction of sp³-hybridized carbons (Fsp3) is 0.200. The smallest absolute Gasteiger partial charge is 0.143 e. The van der Waals surface area contributed by atoms with Gasteiger partial charge >= 0.3 is 0 Å². The predicted octanol–water partition coefficient (Wildman–Crippen LogP) is 18.8. The highest BCUT2D eigenvalue weighted by molar-refractivity contribution is 6.20. The SMILES string of the molecule is [2H]c1c([2H])c([2H])c(-c2c([2H])c(-c3c([2H])c(C)c(C)c(C)c3[2H])c([2H])c(N(c3c([2H])c([2H])c4c(c3C)C(C(C)(C)C)(C(C)(C)C)c3c([2H])c([2H])c([2H])c([2H])c3-4)c3c([2H])c4c(oc5c([2H])c(-c6c([2H])c([2H])c([2H])c([2H])c6[2H])c([2H])c([2H])c54)c4c([2H])c([2H])c([2H])c([2H])c34)c2[2H])c([2H])c1[2H]. The fourth-order valence-corrected chi connectivity index (χ4v) is 10.2. The Balaban J connectivity index is 1.51. The third kappa shape index (κ3) is 6.51. The summed E-state index contributed by atoms with van der Waals surface area (Å²) < 4.78 is 283. The van der Waals surface area contributed by atoms with Crippen molar-refractivity contribution in [2.24, 2.45) is 10.8 Å². The Labute approximate surface area is 437 Å². The number of fused-ring (bicyclic) bond motifs is 8. The third-order valence-corrected chi connectivity index (χ3v) is 13.0. The molecule has 11 rings (SSSR count). The van der Waals surface area contributed by atoms with Gasteiger partial charge < -0.3 is 9.32 Å². The van der Waals surface area contributed by atoms with Crippen molar-refractivity contribution >= 4 is 49.8 Å². The molecule has 0 bridgehead atoms. The maximum Gasteiger partial charge on any atom is 0.143 e. The van der Waals surface area contributed by atoms with E-state index in [-0.39, 0.29) is 38.9 Å². The molecule has 1 aromatic heterocycles. The highest BCUT2D eigenvalue weighted by atomic mass is 16.3. The van der Waals surface area contributed by atoms with Gasteiger partial charge in [-0.1, -0.05) is 174 Å². The first kappa shape index (κ1) is 21.2. The van der Waals surface area contributed by atoms with Crippen molar-refractivity contribution in [2.45, 2.75) is 74.7 Å². The quantitative estimate of drug-likeness (QED) is 0.165. The molecular weight excluding hydrogens is 811 g/mol. The van der Waals surface area contributed by atoms with Crippen molar-refractivity contribution in [3.8, 4) is 44.5 Å². The maximum atomic E-state index is 10.9. The number of hydrogen-bond acceptors (Lipinski definition) is 2. The van der Waals surface area contributed by atoms with Gasteiger partial charge in [0.05, 0.1) is 45.4 Å². The van der Waals surface area contributed by atoms with Crippen LogP contribution in [-0.2, 0) is 5.41 Å². The van der Waals surface area contributed by atoms with Gasteiger partial charge in [0.15, 0.2) is 0 Å². The van der Waals surface area contributed by atoms with Crippen LogP contribution in [0.1, 0.15) is 115 Å². The van der Waals surface area contributed by atoms with Crippen LogP contribution in [0.5, 0.6) is 0 Å². The van der Waals surface area contributed by atoms with E-state index in [1.807, 2.05) is 0 Å². The van der Waals surface area contributed by atoms with Gasteiger partial charge in [0.2, 0.25) is 0 Å². The Kier molecular flexibility index (Phi) is 4.89. The summed E-state index contributed by atoms with van der Waals surface area (Å²) in [4.78, 5) is 0.828. The van der Waals surface area contributed by atoms with Crippen LogP contribution in [0.4, 0.5) is 17.1 Å². The van der Waals surface area contributed by atoms with E-state index in [4.69, 9.17) is 18.1 Å². The molecule has 0 unspecified atom stereocenters. The molecule has 0 fully saturated rings. The summed E-state index contributed by atoms with van der Waals surface area (Å²) in [6.45, 7) is 16.8. The minimum atomic E-state index is -1.71. The summed E-state index contributed by atoms with van der Waals surface area (Å²) in [5, 5.41) is -2.67. The number of benzene rings is 9. The van der Waals surface area contributed by atoms with E-state index in [1.54, 1.807) is 48.5 Å². The van der Waals surface area contributed by atoms with Crippen molar-refractivity contribution in [3.63, 3.8) is 0 Å². The Morgan fingerprint density at radius 3 is 1.66 bits per heavy atom. The summed E-state index contributed by atoms with van der Waals surface area (Å²) in [5.41, 5.74) is -11.7. The molecule has 0 radical (unpaired) electrons. The molecule has 0 saturated heterocycles. The van der Waals surface area contributed by atoms with E-state index in [1.165, 1.54) is 20.8 Å². The molecule has 1 heterocycles. The average Bonchev–Trinajstić information content (AvgIpc) is 1.47. The van der Waals surface area contributed by atoms with Crippen molar-refractivity contribution in [2.75, 3.05) is 4.90 Å². The van der Waals surface area contributed by atoms with Gasteiger partial charge in [0, 0.05) is 38.3 Å². The van der Waals surface area contributed by atoms with E-state index in [0.29, 0.717) is 5.56 Å². The first-order valence-electron chi connectivity index (χ1n) is 36.1. The molecular formula is C65H59NO. The number of hydrogen-bond donors (Lipinski definition) is 0. The number of anilines is 3. The van der Waals surface area contributed by atoms with E-state index < -0.39 is 275 Å². The topological polar surface area (TPSA) is 16.4 Å². The van der Waals surface area contributed by atoms with Crippen LogP contribution in [0.15, 0.2) is 180 Å². The molecule has 10 aromatic rings. The van der Waals surface area contributed by atoms with E-state index >= 15 is 0 Å². The molecule has 1 aliphatic carbocycles. The van der Waals surface area contributed by atoms with Gasteiger partial charge in [-0.15, -0.1) is 0 Å². The summed E-state index contributed by atoms with van der Waals surface area (Å²) in [6, 6.07) is -24.9. The lowest BCUT2D eigenvalue weighted by Gasteiger charge is -2.54. The first-order valence-corrected chi connectivity index (χ1v) is 21.6. The molecule has 67 heavy (non-hydrogen) atoms. The number of furan rings is 1. The summed E-state index contributed by atoms with van der Waals surface area (Å²) in [6.07, 6.45) is 0. The summed E-state index contributed by atoms with van der Waals surface area (Å²) >= 11 is 0. The van der Waals surface area contributed by atoms with Gasteiger partial charge in [0.25, 0.3) is 0 Å². The predicted molar refractivity (Wildman–Crippen MR) is 286 cm³/mol. The van der Waals surface area contributed by atoms with E-state index in [0.717, 1.165) is 4.90 Å². The fourth-order valence-electron chi connectivity index (χ4n) is 10.2. The van der Waals surface area contributed by atoms with E-state index in [9.17, 15) is 26.0 Å². The maximum absolute atomic E-state index is 10.9. The lowest BCUT2D eigenvalue weighted by atomic mass is 9.49. The van der Waals surface area contributed by atoms with Crippen LogP contribution < -0.4 is 4.90 Å². The molecule has 330 valence electrons. The minimum Gasteiger partial charge on any atom is -0.455 e. The zero-order chi connectivity index (χ0) is 71.8. The van der Waals surface area contributed by atoms with Crippen molar-refractivity contribution in [3.05, 3.63) is 209 Å². The Morgan fingerprint density at radius 1 is 0.433 bits per heavy atom. The van der Waals surface area contributed by atoms with Gasteiger partial charge in [-0.2, -0.15) is 0 Å². The Hall–Kier alpha value is -7.16. The molecule has 0 N–H and O–H groups in total. The van der Waals surface area contributed by atoms with Gasteiger partial charge in [-0.3, -0.25) is 0 Å². The third-order valence-electron chi connectivity index (χ3n) is 13.0. The normalized spacial score (nSPS) is 19.4. The zero-order valence-corrected chi connectivity index (χ0v) is 38.4. The number of rotatable bonds is 6. The van der Waals surface area contributed by atoms with Crippen LogP contribution in [0, 0.1) is 38.5 Å². The lowest BCUT2D eigenvalue weighted by molar-refractivity contribution is 0.0945. The van der Waals surface area contributed by atoms with E-state index in [2.05, 4.69) is 0 Å². The van der Waals surface area contributed by atoms with Gasteiger partial charge in [-0.05, 0) is 159 Å². The Bertz CT molecular complexity index is 5110. The molecule has 9 aromatic carbocycles. The van der Waals surface area contributed by atoms with Gasteiger partial charge in [-0.25, -0.2) is 0 Å². The van der Waals surface area contributed by atoms with Crippen molar-refractivity contribution in [1.82, 2.24) is 0 Å². The van der Waals surface area contributed by atoms with Gasteiger partial charge in [0.1, 0.15) is 11.2 Å². The molecule has 0 atom stereocenters. The summed E-state index contributed by atoms with van der Waals surface area (Å²) in [7, 11) is 0. The Morgan fingerprint density at radius 2 is 1.00 bits per heavy atom. The van der Waals surface area contributed by atoms with Crippen LogP contribution in [0.25, 0.3) is 77.2 Å². The van der Waals surface area contributed by atoms with Crippen molar-refractivity contribution < 1.29 is 44.2 Å². The molecule has 1 aliphatic rings. The summed E-state index contributed by atoms with van der Waals surface area (Å²) in [5.74, 6) is 0. The lowest BCUT2D eigenvalue weighted by Crippen LogP contribution is -2.50. The average molecular weight is 899 g/mol. The van der Waals surface area contributed by atoms with Crippen LogP contribution in [-0.4, -0.2) is 0 Å². The molecule has 2 nitrogen and oxygen atoms in total. The first-order chi connectivity index (χ1) is 44.3. The van der Waals surface area contributed by atoms with Crippen LogP contribution in [0.3, 0.4) is 0 Å². The van der Waals surface area contributed by atoms with Crippen LogP contribution in [0.2, 0.25) is 0 Å². The standard InChI is InChI=1S/C65H59NO/c1-40-33-47(34-41(2)42(40)3)49-35-48(45-23-15-12-16-24-45)36-50(37-49)66(58-32-31-54-51-25-19-20-28-57(51)65(63(5,6)7,64(8,9)10)61(54)43(58)4)59-39-56-53-30-29-46(44-21-13-11-14-22-44)38-60(53)67-62(56)55-27-18-17-26-52(55)59/h11-39H,1-10H3/i11D,12D,13D,14D,15D,16D,17D,18D,19D,20D,21D,22D,23D,24D,25D,26D,27D,28D,29D,30D,31D,32D,33D,34D,35D,36D,37D,38D,39D. The molecule has 0 aliphatic heterocycles. The second-order valence-corrected chi connectivity index (χ2v) is 18.8. The molecule has 0 amide bonds. The largest absolute Gasteiger partial charge is 0.455 e. The number of nitrogens with zero attached hydrogens (tertiary/aromatic N) is 1. The molecule has 0 spiro atoms.